The Kier molecular flexibility index (Phi) is 5.70. The zero-order chi connectivity index (χ0) is 15.2. The Labute approximate surface area is 119 Å². The molecule has 1 amide bonds. The summed E-state index contributed by atoms with van der Waals surface area (Å²) in [5.74, 6) is -0.599. The maximum absolute atomic E-state index is 11.9. The molecule has 0 saturated heterocycles. The molecule has 0 saturated carbocycles. The number of sulfonamides is 1. The minimum absolute atomic E-state index is 0.116. The fraction of sp³-hybridized carbons (Fsp3) is 0.267. The van der Waals surface area contributed by atoms with Crippen LogP contribution in [0.3, 0.4) is 0 Å². The van der Waals surface area contributed by atoms with E-state index in [9.17, 15) is 13.2 Å². The number of nitrogens with one attached hydrogen (secondary N) is 1. The standard InChI is InChI=1S/C12H11NO3S.C3H8/c1-9(14)13-17(15,16)12-8-4-6-10-5-2-3-7-11(10)12;1-3-2/h2-8H,1H3,(H,13,14);3H2,1-2H3. The maximum atomic E-state index is 11.9. The molecule has 2 rings (SSSR count). The summed E-state index contributed by atoms with van der Waals surface area (Å²) in [4.78, 5) is 11.0. The highest BCUT2D eigenvalue weighted by molar-refractivity contribution is 7.90. The van der Waals surface area contributed by atoms with Gasteiger partial charge in [0.25, 0.3) is 10.0 Å². The topological polar surface area (TPSA) is 63.2 Å². The van der Waals surface area contributed by atoms with Crippen molar-refractivity contribution in [1.82, 2.24) is 4.72 Å². The third kappa shape index (κ3) is 4.06. The SMILES string of the molecule is CC(=O)NS(=O)(=O)c1cccc2ccccc12.CCC. The number of fused-ring (bicyclic) bond motifs is 1. The van der Waals surface area contributed by atoms with E-state index in [1.165, 1.54) is 19.4 Å². The van der Waals surface area contributed by atoms with Gasteiger partial charge in [-0.25, -0.2) is 13.1 Å². The first-order valence-electron chi connectivity index (χ1n) is 6.43. The molecule has 0 unspecified atom stereocenters. The predicted molar refractivity (Wildman–Crippen MR) is 80.9 cm³/mol. The van der Waals surface area contributed by atoms with E-state index in [1.807, 2.05) is 22.9 Å². The van der Waals surface area contributed by atoms with Crippen LogP contribution in [0.1, 0.15) is 27.2 Å². The highest BCUT2D eigenvalue weighted by Gasteiger charge is 2.17. The van der Waals surface area contributed by atoms with Crippen LogP contribution in [0.25, 0.3) is 10.8 Å². The van der Waals surface area contributed by atoms with Gasteiger partial charge < -0.3 is 0 Å². The van der Waals surface area contributed by atoms with Crippen LogP contribution in [-0.4, -0.2) is 14.3 Å². The van der Waals surface area contributed by atoms with E-state index in [-0.39, 0.29) is 4.90 Å². The molecule has 0 radical (unpaired) electrons. The second-order valence-corrected chi connectivity index (χ2v) is 6.00. The summed E-state index contributed by atoms with van der Waals surface area (Å²) >= 11 is 0. The van der Waals surface area contributed by atoms with Crippen LogP contribution in [0.5, 0.6) is 0 Å². The van der Waals surface area contributed by atoms with E-state index in [2.05, 4.69) is 13.8 Å². The molecule has 0 aromatic heterocycles. The van der Waals surface area contributed by atoms with Crippen LogP contribution < -0.4 is 4.72 Å². The first kappa shape index (κ1) is 16.2. The van der Waals surface area contributed by atoms with Gasteiger partial charge >= 0.3 is 0 Å². The number of hydrogen-bond donors (Lipinski definition) is 1. The molecule has 5 heteroatoms. The Balaban J connectivity index is 0.000000612. The molecule has 0 bridgehead atoms. The summed E-state index contributed by atoms with van der Waals surface area (Å²) < 4.78 is 25.8. The molecule has 0 aliphatic rings. The van der Waals surface area contributed by atoms with Crippen molar-refractivity contribution >= 4 is 26.7 Å². The number of rotatable bonds is 2. The van der Waals surface area contributed by atoms with E-state index in [4.69, 9.17) is 0 Å². The molecular formula is C15H19NO3S. The molecular weight excluding hydrogens is 274 g/mol. The summed E-state index contributed by atoms with van der Waals surface area (Å²) in [6.07, 6.45) is 1.25. The van der Waals surface area contributed by atoms with E-state index < -0.39 is 15.9 Å². The fourth-order valence-corrected chi connectivity index (χ4v) is 2.90. The molecule has 4 nitrogen and oxygen atoms in total. The Morgan fingerprint density at radius 1 is 1.05 bits per heavy atom. The van der Waals surface area contributed by atoms with Gasteiger partial charge in [-0.15, -0.1) is 0 Å². The number of carbonyl (C=O) groups excluding carboxylic acids is 1. The normalized spacial score (nSPS) is 10.6. The average molecular weight is 293 g/mol. The van der Waals surface area contributed by atoms with Gasteiger partial charge in [-0.05, 0) is 11.5 Å². The van der Waals surface area contributed by atoms with Crippen molar-refractivity contribution in [2.45, 2.75) is 32.1 Å². The first-order valence-corrected chi connectivity index (χ1v) is 7.91. The van der Waals surface area contributed by atoms with E-state index >= 15 is 0 Å². The molecule has 0 aliphatic heterocycles. The quantitative estimate of drug-likeness (QED) is 0.925. The predicted octanol–water partition coefficient (Wildman–Crippen LogP) is 3.08. The Hall–Kier alpha value is -1.88. The molecule has 108 valence electrons. The summed E-state index contributed by atoms with van der Waals surface area (Å²) in [6.45, 7) is 5.42. The Morgan fingerprint density at radius 3 is 2.20 bits per heavy atom. The van der Waals surface area contributed by atoms with Gasteiger partial charge in [-0.3, -0.25) is 4.79 Å². The van der Waals surface area contributed by atoms with Gasteiger partial charge in [0.1, 0.15) is 0 Å². The Bertz CT molecular complexity index is 688. The second-order valence-electron chi connectivity index (χ2n) is 4.35. The lowest BCUT2D eigenvalue weighted by molar-refractivity contribution is -0.117. The van der Waals surface area contributed by atoms with Gasteiger partial charge in [0.05, 0.1) is 4.90 Å². The molecule has 2 aromatic rings. The molecule has 20 heavy (non-hydrogen) atoms. The zero-order valence-electron chi connectivity index (χ0n) is 11.9. The van der Waals surface area contributed by atoms with Crippen molar-refractivity contribution in [3.8, 4) is 0 Å². The highest BCUT2D eigenvalue weighted by Crippen LogP contribution is 2.22. The summed E-state index contributed by atoms with van der Waals surface area (Å²) in [5, 5.41) is 1.42. The number of benzene rings is 2. The second kappa shape index (κ2) is 7.05. The van der Waals surface area contributed by atoms with Gasteiger partial charge in [0.15, 0.2) is 0 Å². The van der Waals surface area contributed by atoms with E-state index in [1.54, 1.807) is 18.2 Å². The number of amides is 1. The third-order valence-corrected chi connectivity index (χ3v) is 3.81. The van der Waals surface area contributed by atoms with Gasteiger partial charge in [-0.2, -0.15) is 0 Å². The van der Waals surface area contributed by atoms with Crippen molar-refractivity contribution in [2.75, 3.05) is 0 Å². The molecule has 0 atom stereocenters. The summed E-state index contributed by atoms with van der Waals surface area (Å²) in [6, 6.07) is 12.1. The van der Waals surface area contributed by atoms with Crippen molar-refractivity contribution in [2.24, 2.45) is 0 Å². The lowest BCUT2D eigenvalue weighted by Gasteiger charge is -2.07. The van der Waals surface area contributed by atoms with E-state index in [0.29, 0.717) is 5.39 Å². The van der Waals surface area contributed by atoms with Crippen LogP contribution in [0, 0.1) is 0 Å². The van der Waals surface area contributed by atoms with Crippen LogP contribution in [0.2, 0.25) is 0 Å². The van der Waals surface area contributed by atoms with Crippen molar-refractivity contribution in [1.29, 1.82) is 0 Å². The van der Waals surface area contributed by atoms with Crippen molar-refractivity contribution in [3.05, 3.63) is 42.5 Å². The van der Waals surface area contributed by atoms with Crippen LogP contribution in [0.15, 0.2) is 47.4 Å². The molecule has 0 spiro atoms. The zero-order valence-corrected chi connectivity index (χ0v) is 12.7. The minimum atomic E-state index is -3.79. The number of hydrogen-bond acceptors (Lipinski definition) is 3. The highest BCUT2D eigenvalue weighted by atomic mass is 32.2. The van der Waals surface area contributed by atoms with Crippen LogP contribution in [0.4, 0.5) is 0 Å². The molecule has 2 aromatic carbocycles. The van der Waals surface area contributed by atoms with Crippen LogP contribution >= 0.6 is 0 Å². The first-order chi connectivity index (χ1) is 9.42. The van der Waals surface area contributed by atoms with Gasteiger partial charge in [0, 0.05) is 12.3 Å². The monoisotopic (exact) mass is 293 g/mol. The molecule has 0 aliphatic carbocycles. The van der Waals surface area contributed by atoms with Gasteiger partial charge in [0.2, 0.25) is 5.91 Å². The van der Waals surface area contributed by atoms with E-state index in [0.717, 1.165) is 5.39 Å². The summed E-state index contributed by atoms with van der Waals surface area (Å²) in [7, 11) is -3.79. The molecule has 0 heterocycles. The largest absolute Gasteiger partial charge is 0.274 e. The minimum Gasteiger partial charge on any atom is -0.274 e. The maximum Gasteiger partial charge on any atom is 0.264 e. The molecule has 1 N–H and O–H groups in total. The van der Waals surface area contributed by atoms with Crippen molar-refractivity contribution < 1.29 is 13.2 Å². The Morgan fingerprint density at radius 2 is 1.60 bits per heavy atom. The third-order valence-electron chi connectivity index (χ3n) is 2.32. The average Bonchev–Trinajstić information content (AvgIpc) is 2.37. The lowest BCUT2D eigenvalue weighted by atomic mass is 10.1. The summed E-state index contributed by atoms with van der Waals surface area (Å²) in [5.41, 5.74) is 0. The van der Waals surface area contributed by atoms with Crippen LogP contribution in [-0.2, 0) is 14.8 Å². The lowest BCUT2D eigenvalue weighted by Crippen LogP contribution is -2.28. The fourth-order valence-electron chi connectivity index (χ4n) is 1.67. The van der Waals surface area contributed by atoms with Gasteiger partial charge in [-0.1, -0.05) is 56.7 Å². The molecule has 0 fully saturated rings. The number of carbonyl (C=O) groups is 1. The van der Waals surface area contributed by atoms with Crippen molar-refractivity contribution in [3.63, 3.8) is 0 Å². The smallest absolute Gasteiger partial charge is 0.264 e.